The highest BCUT2D eigenvalue weighted by atomic mass is 35.5. The first-order valence-corrected chi connectivity index (χ1v) is 16.0. The number of amides is 1. The molecule has 3 atom stereocenters. The molecule has 1 aliphatic heterocycles. The fourth-order valence-electron chi connectivity index (χ4n) is 5.49. The minimum absolute atomic E-state index is 0.00873. The van der Waals surface area contributed by atoms with E-state index in [2.05, 4.69) is 0 Å². The van der Waals surface area contributed by atoms with Crippen molar-refractivity contribution in [3.8, 4) is 5.75 Å². The topological polar surface area (TPSA) is 77.5 Å². The first kappa shape index (κ1) is 34.6. The van der Waals surface area contributed by atoms with Crippen molar-refractivity contribution < 1.29 is 37.6 Å². The molecule has 47 heavy (non-hydrogen) atoms. The molecule has 5 rings (SSSR count). The number of halogens is 4. The van der Waals surface area contributed by atoms with E-state index in [4.69, 9.17) is 42.1 Å². The summed E-state index contributed by atoms with van der Waals surface area (Å²) in [6.45, 7) is 1.27. The van der Waals surface area contributed by atoms with E-state index >= 15 is 0 Å². The molecule has 0 aromatic heterocycles. The lowest BCUT2D eigenvalue weighted by molar-refractivity contribution is -0.0943. The molecule has 7 nitrogen and oxygen atoms in total. The molecular weight excluding hydrogens is 651 g/mol. The number of rotatable bonds is 14. The van der Waals surface area contributed by atoms with Crippen LogP contribution < -0.4 is 4.74 Å². The molecule has 1 heterocycles. The van der Waals surface area contributed by atoms with Crippen LogP contribution in [0.1, 0.15) is 34.6 Å². The Morgan fingerprint density at radius 1 is 0.745 bits per heavy atom. The van der Waals surface area contributed by atoms with Crippen molar-refractivity contribution in [1.29, 1.82) is 0 Å². The first-order valence-electron chi connectivity index (χ1n) is 15.2. The quantitative estimate of drug-likeness (QED) is 0.134. The maximum absolute atomic E-state index is 14.7. The third kappa shape index (κ3) is 9.43. The molecule has 1 N–H and O–H groups in total. The van der Waals surface area contributed by atoms with Gasteiger partial charge in [-0.1, -0.05) is 89.9 Å². The van der Waals surface area contributed by atoms with Gasteiger partial charge in [0, 0.05) is 23.5 Å². The van der Waals surface area contributed by atoms with Crippen molar-refractivity contribution in [2.75, 3.05) is 26.3 Å². The number of carboxylic acid groups (broad SMARTS) is 1. The second-order valence-electron chi connectivity index (χ2n) is 11.1. The molecule has 1 amide bonds. The zero-order valence-electron chi connectivity index (χ0n) is 25.5. The highest BCUT2D eigenvalue weighted by Gasteiger charge is 2.41. The Morgan fingerprint density at radius 3 is 1.87 bits per heavy atom. The molecule has 1 aliphatic rings. The Hall–Kier alpha value is -3.73. The Bertz CT molecular complexity index is 1550. The summed E-state index contributed by atoms with van der Waals surface area (Å²) in [5.74, 6) is -1.05. The monoisotopic (exact) mass is 685 g/mol. The van der Waals surface area contributed by atoms with Gasteiger partial charge in [0.25, 0.3) is 0 Å². The second-order valence-corrected chi connectivity index (χ2v) is 12.0. The SMILES string of the molecule is O=C(O)N1C[C@H](OCc2cccc(Cl)c2F)[C@H](c2ccc(OCCCOCc3ccccc3)cc2)[C@H](OCc2cccc(Cl)c2F)C1. The third-order valence-corrected chi connectivity index (χ3v) is 8.50. The van der Waals surface area contributed by atoms with Crippen LogP contribution in [-0.2, 0) is 34.0 Å². The van der Waals surface area contributed by atoms with Crippen molar-refractivity contribution in [3.05, 3.63) is 135 Å². The van der Waals surface area contributed by atoms with Crippen LogP contribution in [-0.4, -0.2) is 54.6 Å². The maximum Gasteiger partial charge on any atom is 0.407 e. The summed E-state index contributed by atoms with van der Waals surface area (Å²) in [6.07, 6.45) is -1.93. The lowest BCUT2D eigenvalue weighted by Gasteiger charge is -2.42. The summed E-state index contributed by atoms with van der Waals surface area (Å²) in [7, 11) is 0. The van der Waals surface area contributed by atoms with Crippen molar-refractivity contribution in [1.82, 2.24) is 4.90 Å². The van der Waals surface area contributed by atoms with Crippen LogP contribution in [0.5, 0.6) is 5.75 Å². The Balaban J connectivity index is 1.30. The Labute approximate surface area is 282 Å². The normalized spacial score (nSPS) is 17.9. The molecule has 11 heteroatoms. The fourth-order valence-corrected chi connectivity index (χ4v) is 5.88. The summed E-state index contributed by atoms with van der Waals surface area (Å²) in [5.41, 5.74) is 2.37. The number of ether oxygens (including phenoxy) is 4. The van der Waals surface area contributed by atoms with Crippen LogP contribution >= 0.6 is 23.2 Å². The lowest BCUT2D eigenvalue weighted by atomic mass is 9.84. The van der Waals surface area contributed by atoms with E-state index in [1.165, 1.54) is 17.0 Å². The van der Waals surface area contributed by atoms with Gasteiger partial charge in [-0.15, -0.1) is 0 Å². The molecule has 0 radical (unpaired) electrons. The number of likely N-dealkylation sites (tertiary alicyclic amines) is 1. The van der Waals surface area contributed by atoms with Gasteiger partial charge in [-0.3, -0.25) is 0 Å². The van der Waals surface area contributed by atoms with E-state index in [1.54, 1.807) is 24.3 Å². The van der Waals surface area contributed by atoms with Crippen LogP contribution in [0.25, 0.3) is 0 Å². The smallest absolute Gasteiger partial charge is 0.407 e. The minimum atomic E-state index is -1.16. The van der Waals surface area contributed by atoms with Crippen molar-refractivity contribution in [2.24, 2.45) is 0 Å². The van der Waals surface area contributed by atoms with E-state index in [0.29, 0.717) is 32.0 Å². The zero-order chi connectivity index (χ0) is 33.2. The first-order chi connectivity index (χ1) is 22.8. The minimum Gasteiger partial charge on any atom is -0.494 e. The molecule has 1 fully saturated rings. The molecule has 0 spiro atoms. The number of nitrogens with zero attached hydrogens (tertiary/aromatic N) is 1. The lowest BCUT2D eigenvalue weighted by Crippen LogP contribution is -2.54. The molecule has 0 saturated carbocycles. The van der Waals surface area contributed by atoms with E-state index in [-0.39, 0.29) is 47.5 Å². The van der Waals surface area contributed by atoms with Gasteiger partial charge in [-0.05, 0) is 35.4 Å². The van der Waals surface area contributed by atoms with Crippen LogP contribution in [0.4, 0.5) is 13.6 Å². The summed E-state index contributed by atoms with van der Waals surface area (Å²) < 4.78 is 53.5. The average molecular weight is 687 g/mol. The van der Waals surface area contributed by atoms with E-state index in [9.17, 15) is 18.7 Å². The standard InChI is InChI=1S/C36H35Cl2F2NO6/c37-29-11-4-9-26(34(29)39)22-46-31-19-41(36(42)43)20-32(47-23-27-10-5-12-30(38)35(27)40)33(31)25-13-15-28(16-14-25)45-18-6-17-44-21-24-7-2-1-3-8-24/h1-5,7-16,31-33H,6,17-23H2,(H,42,43)/t31-,32+,33-. The number of hydrogen-bond donors (Lipinski definition) is 1. The third-order valence-electron chi connectivity index (χ3n) is 7.92. The highest BCUT2D eigenvalue weighted by Crippen LogP contribution is 2.35. The average Bonchev–Trinajstić information content (AvgIpc) is 3.08. The van der Waals surface area contributed by atoms with Crippen molar-refractivity contribution in [3.63, 3.8) is 0 Å². The van der Waals surface area contributed by atoms with Crippen molar-refractivity contribution >= 4 is 29.3 Å². The zero-order valence-corrected chi connectivity index (χ0v) is 27.0. The Morgan fingerprint density at radius 2 is 1.32 bits per heavy atom. The summed E-state index contributed by atoms with van der Waals surface area (Å²) in [6, 6.07) is 26.6. The van der Waals surface area contributed by atoms with Gasteiger partial charge in [-0.2, -0.15) is 0 Å². The van der Waals surface area contributed by atoms with Crippen molar-refractivity contribution in [2.45, 2.75) is 44.4 Å². The number of carbonyl (C=O) groups is 1. The van der Waals surface area contributed by atoms with Crippen LogP contribution in [0.15, 0.2) is 91.0 Å². The van der Waals surface area contributed by atoms with Crippen LogP contribution in [0, 0.1) is 11.6 Å². The van der Waals surface area contributed by atoms with Gasteiger partial charge in [-0.25, -0.2) is 13.6 Å². The molecule has 0 aliphatic carbocycles. The molecule has 1 saturated heterocycles. The number of piperidine rings is 1. The molecule has 0 bridgehead atoms. The van der Waals surface area contributed by atoms with Gasteiger partial charge in [0.2, 0.25) is 0 Å². The number of hydrogen-bond acceptors (Lipinski definition) is 5. The fraction of sp³-hybridized carbons (Fsp3) is 0.306. The molecule has 0 unspecified atom stereocenters. The molecular formula is C36H35Cl2F2NO6. The van der Waals surface area contributed by atoms with Crippen LogP contribution in [0.3, 0.4) is 0 Å². The largest absolute Gasteiger partial charge is 0.494 e. The maximum atomic E-state index is 14.7. The van der Waals surface area contributed by atoms with Gasteiger partial charge >= 0.3 is 6.09 Å². The van der Waals surface area contributed by atoms with E-state index in [1.807, 2.05) is 54.6 Å². The predicted molar refractivity (Wildman–Crippen MR) is 175 cm³/mol. The van der Waals surface area contributed by atoms with Gasteiger partial charge < -0.3 is 29.0 Å². The van der Waals surface area contributed by atoms with E-state index < -0.39 is 35.9 Å². The van der Waals surface area contributed by atoms with Gasteiger partial charge in [0.05, 0.1) is 68.4 Å². The Kier molecular flexibility index (Phi) is 12.4. The second kappa shape index (κ2) is 16.9. The van der Waals surface area contributed by atoms with Crippen LogP contribution in [0.2, 0.25) is 10.0 Å². The van der Waals surface area contributed by atoms with Gasteiger partial charge in [0.15, 0.2) is 0 Å². The summed E-state index contributed by atoms with van der Waals surface area (Å²) >= 11 is 12.0. The molecule has 4 aromatic rings. The molecule has 248 valence electrons. The van der Waals surface area contributed by atoms with Gasteiger partial charge in [0.1, 0.15) is 17.4 Å². The summed E-state index contributed by atoms with van der Waals surface area (Å²) in [5, 5.41) is 9.85. The molecule has 4 aromatic carbocycles. The summed E-state index contributed by atoms with van der Waals surface area (Å²) in [4.78, 5) is 13.3. The number of benzene rings is 4. The predicted octanol–water partition coefficient (Wildman–Crippen LogP) is 8.51. The highest BCUT2D eigenvalue weighted by molar-refractivity contribution is 6.31. The van der Waals surface area contributed by atoms with E-state index in [0.717, 1.165) is 11.1 Å².